The largest absolute Gasteiger partial charge is 0.492 e. The molecule has 0 aliphatic heterocycles. The summed E-state index contributed by atoms with van der Waals surface area (Å²) in [6.07, 6.45) is 0.177. The summed E-state index contributed by atoms with van der Waals surface area (Å²) in [5.41, 5.74) is 1.18. The zero-order chi connectivity index (χ0) is 15.7. The topological polar surface area (TPSA) is 70.6 Å². The van der Waals surface area contributed by atoms with E-state index in [0.717, 1.165) is 5.75 Å². The van der Waals surface area contributed by atoms with Crippen molar-refractivity contribution < 1.29 is 14.6 Å². The molecule has 0 radical (unpaired) electrons. The molecule has 0 fully saturated rings. The summed E-state index contributed by atoms with van der Waals surface area (Å²) in [5, 5.41) is 15.0. The van der Waals surface area contributed by atoms with Gasteiger partial charge in [0, 0.05) is 6.54 Å². The number of ether oxygens (including phenoxy) is 1. The Morgan fingerprint density at radius 2 is 1.90 bits per heavy atom. The number of carbonyl (C=O) groups is 1. The average molecular weight is 294 g/mol. The summed E-state index contributed by atoms with van der Waals surface area (Å²) in [7, 11) is 0. The van der Waals surface area contributed by atoms with Crippen LogP contribution >= 0.6 is 0 Å². The zero-order valence-electron chi connectivity index (χ0n) is 13.1. The van der Waals surface area contributed by atoms with E-state index in [2.05, 4.69) is 10.6 Å². The Hall–Kier alpha value is -1.75. The number of carbonyl (C=O) groups excluding carboxylic acids is 1. The maximum absolute atomic E-state index is 11.5. The highest BCUT2D eigenvalue weighted by atomic mass is 16.5. The fourth-order valence-electron chi connectivity index (χ4n) is 1.87. The molecule has 0 aliphatic carbocycles. The average Bonchev–Trinajstić information content (AvgIpc) is 2.42. The zero-order valence-corrected chi connectivity index (χ0v) is 13.1. The van der Waals surface area contributed by atoms with Gasteiger partial charge in [0.25, 0.3) is 0 Å². The third kappa shape index (κ3) is 8.19. The second kappa shape index (κ2) is 9.23. The van der Waals surface area contributed by atoms with Crippen LogP contribution in [-0.4, -0.2) is 36.9 Å². The molecule has 5 heteroatoms. The third-order valence-electron chi connectivity index (χ3n) is 2.92. The van der Waals surface area contributed by atoms with E-state index in [1.165, 1.54) is 5.56 Å². The van der Waals surface area contributed by atoms with Crippen LogP contribution in [0.1, 0.15) is 25.8 Å². The fourth-order valence-corrected chi connectivity index (χ4v) is 1.87. The number of aliphatic hydroxyl groups excluding tert-OH is 1. The van der Waals surface area contributed by atoms with Crippen LogP contribution in [0.4, 0.5) is 4.79 Å². The number of amides is 2. The molecule has 1 rings (SSSR count). The summed E-state index contributed by atoms with van der Waals surface area (Å²) >= 11 is 0. The first-order valence-corrected chi connectivity index (χ1v) is 7.36. The van der Waals surface area contributed by atoms with E-state index in [-0.39, 0.29) is 12.6 Å². The van der Waals surface area contributed by atoms with Crippen molar-refractivity contribution in [2.24, 2.45) is 5.92 Å². The minimum atomic E-state index is -0.500. The maximum atomic E-state index is 11.5. The number of aryl methyl sites for hydroxylation is 1. The van der Waals surface area contributed by atoms with E-state index in [1.807, 2.05) is 45.0 Å². The van der Waals surface area contributed by atoms with Crippen molar-refractivity contribution >= 4 is 6.03 Å². The molecule has 0 saturated heterocycles. The van der Waals surface area contributed by atoms with Crippen molar-refractivity contribution in [1.29, 1.82) is 0 Å². The lowest BCUT2D eigenvalue weighted by Gasteiger charge is -2.14. The van der Waals surface area contributed by atoms with Crippen molar-refractivity contribution in [2.75, 3.05) is 19.7 Å². The third-order valence-corrected chi connectivity index (χ3v) is 2.92. The Balaban J connectivity index is 2.09. The molecule has 1 aromatic rings. The first kappa shape index (κ1) is 17.3. The monoisotopic (exact) mass is 294 g/mol. The van der Waals surface area contributed by atoms with Crippen molar-refractivity contribution in [2.45, 2.75) is 33.3 Å². The molecule has 2 amide bonds. The van der Waals surface area contributed by atoms with Gasteiger partial charge in [-0.15, -0.1) is 0 Å². The molecule has 0 bridgehead atoms. The van der Waals surface area contributed by atoms with E-state index in [0.29, 0.717) is 25.5 Å². The van der Waals surface area contributed by atoms with Crippen LogP contribution in [0, 0.1) is 12.8 Å². The lowest BCUT2D eigenvalue weighted by atomic mass is 10.1. The maximum Gasteiger partial charge on any atom is 0.315 e. The first-order valence-electron chi connectivity index (χ1n) is 7.36. The van der Waals surface area contributed by atoms with Gasteiger partial charge in [-0.3, -0.25) is 0 Å². The summed E-state index contributed by atoms with van der Waals surface area (Å²) in [5.74, 6) is 1.20. The van der Waals surface area contributed by atoms with Crippen LogP contribution in [0.2, 0.25) is 0 Å². The number of urea groups is 1. The number of aliphatic hydroxyl groups is 1. The van der Waals surface area contributed by atoms with Gasteiger partial charge in [0.15, 0.2) is 0 Å². The van der Waals surface area contributed by atoms with Gasteiger partial charge >= 0.3 is 6.03 Å². The Bertz CT molecular complexity index is 418. The predicted octanol–water partition coefficient (Wildman–Crippen LogP) is 2.08. The van der Waals surface area contributed by atoms with E-state index in [9.17, 15) is 9.90 Å². The fraction of sp³-hybridized carbons (Fsp3) is 0.562. The van der Waals surface area contributed by atoms with Crippen molar-refractivity contribution in [3.8, 4) is 5.75 Å². The number of hydrogen-bond acceptors (Lipinski definition) is 3. The molecular weight excluding hydrogens is 268 g/mol. The second-order valence-electron chi connectivity index (χ2n) is 5.58. The molecule has 0 heterocycles. The van der Waals surface area contributed by atoms with Gasteiger partial charge in [0.1, 0.15) is 12.4 Å². The van der Waals surface area contributed by atoms with E-state index in [1.54, 1.807) is 0 Å². The molecular formula is C16H26N2O3. The molecule has 3 N–H and O–H groups in total. The summed E-state index contributed by atoms with van der Waals surface area (Å²) < 4.78 is 5.50. The lowest BCUT2D eigenvalue weighted by molar-refractivity contribution is 0.146. The van der Waals surface area contributed by atoms with Gasteiger partial charge in [0.05, 0.1) is 12.6 Å². The molecule has 0 aliphatic rings. The van der Waals surface area contributed by atoms with Gasteiger partial charge < -0.3 is 20.5 Å². The molecule has 0 aromatic heterocycles. The molecule has 0 saturated carbocycles. The van der Waals surface area contributed by atoms with E-state index >= 15 is 0 Å². The van der Waals surface area contributed by atoms with Crippen LogP contribution in [-0.2, 0) is 0 Å². The first-order chi connectivity index (χ1) is 9.97. The minimum absolute atomic E-state index is 0.267. The number of hydrogen-bond donors (Lipinski definition) is 3. The Morgan fingerprint density at radius 3 is 2.52 bits per heavy atom. The normalized spacial score (nSPS) is 12.0. The summed E-state index contributed by atoms with van der Waals surface area (Å²) in [6.45, 7) is 7.18. The highest BCUT2D eigenvalue weighted by molar-refractivity contribution is 5.73. The lowest BCUT2D eigenvalue weighted by Crippen LogP contribution is -2.41. The number of benzene rings is 1. The molecule has 1 unspecified atom stereocenters. The summed E-state index contributed by atoms with van der Waals surface area (Å²) in [6, 6.07) is 7.47. The van der Waals surface area contributed by atoms with E-state index in [4.69, 9.17) is 4.74 Å². The van der Waals surface area contributed by atoms with Crippen LogP contribution in [0.3, 0.4) is 0 Å². The second-order valence-corrected chi connectivity index (χ2v) is 5.58. The number of nitrogens with one attached hydrogen (secondary N) is 2. The summed E-state index contributed by atoms with van der Waals surface area (Å²) in [4.78, 5) is 11.5. The van der Waals surface area contributed by atoms with Crippen LogP contribution in [0.25, 0.3) is 0 Å². The van der Waals surface area contributed by atoms with Gasteiger partial charge in [-0.05, 0) is 31.4 Å². The van der Waals surface area contributed by atoms with Crippen molar-refractivity contribution in [3.63, 3.8) is 0 Å². The predicted molar refractivity (Wildman–Crippen MR) is 83.5 cm³/mol. The van der Waals surface area contributed by atoms with Crippen molar-refractivity contribution in [3.05, 3.63) is 29.8 Å². The Labute approximate surface area is 126 Å². The smallest absolute Gasteiger partial charge is 0.315 e. The molecule has 1 atom stereocenters. The van der Waals surface area contributed by atoms with E-state index < -0.39 is 6.10 Å². The van der Waals surface area contributed by atoms with Gasteiger partial charge in [-0.25, -0.2) is 4.79 Å². The van der Waals surface area contributed by atoms with Crippen LogP contribution in [0.5, 0.6) is 5.75 Å². The van der Waals surface area contributed by atoms with Crippen LogP contribution in [0.15, 0.2) is 24.3 Å². The van der Waals surface area contributed by atoms with Crippen LogP contribution < -0.4 is 15.4 Å². The number of rotatable bonds is 8. The van der Waals surface area contributed by atoms with Gasteiger partial charge in [-0.2, -0.15) is 0 Å². The SMILES string of the molecule is Cc1ccc(OCCNC(=O)NCC(O)CC(C)C)cc1. The standard InChI is InChI=1S/C16H26N2O3/c1-12(2)10-14(19)11-18-16(20)17-8-9-21-15-6-4-13(3)5-7-15/h4-7,12,14,19H,8-11H2,1-3H3,(H2,17,18,20). The molecule has 0 spiro atoms. The van der Waals surface area contributed by atoms with Crippen molar-refractivity contribution in [1.82, 2.24) is 10.6 Å². The Kier molecular flexibility index (Phi) is 7.61. The Morgan fingerprint density at radius 1 is 1.24 bits per heavy atom. The molecule has 1 aromatic carbocycles. The molecule has 21 heavy (non-hydrogen) atoms. The quantitative estimate of drug-likeness (QED) is 0.643. The molecule has 5 nitrogen and oxygen atoms in total. The van der Waals surface area contributed by atoms with Gasteiger partial charge in [-0.1, -0.05) is 31.5 Å². The van der Waals surface area contributed by atoms with Gasteiger partial charge in [0.2, 0.25) is 0 Å². The highest BCUT2D eigenvalue weighted by Crippen LogP contribution is 2.10. The minimum Gasteiger partial charge on any atom is -0.492 e. The molecule has 118 valence electrons. The highest BCUT2D eigenvalue weighted by Gasteiger charge is 2.08.